The maximum Gasteiger partial charge on any atom is 0.127 e. The molecule has 0 saturated carbocycles. The van der Waals surface area contributed by atoms with E-state index in [0.717, 1.165) is 29.5 Å². The standard InChI is InChI=1S/C17H22ClNO2/c1-3-10-19-11-17(2,20)12-21-16-9-8-15(18)13-6-4-5-7-14(13)16/h4-9,19-20H,3,10-12H2,1-2H3. The van der Waals surface area contributed by atoms with Crippen molar-refractivity contribution in [3.8, 4) is 5.75 Å². The first-order valence-corrected chi connectivity index (χ1v) is 7.64. The number of benzene rings is 2. The highest BCUT2D eigenvalue weighted by molar-refractivity contribution is 6.35. The zero-order chi connectivity index (χ0) is 15.3. The zero-order valence-electron chi connectivity index (χ0n) is 12.5. The van der Waals surface area contributed by atoms with Crippen LogP contribution in [0.4, 0.5) is 0 Å². The molecule has 2 aromatic carbocycles. The summed E-state index contributed by atoms with van der Waals surface area (Å²) < 4.78 is 5.82. The Kier molecular flexibility index (Phi) is 5.45. The molecule has 1 unspecified atom stereocenters. The summed E-state index contributed by atoms with van der Waals surface area (Å²) in [6, 6.07) is 11.5. The lowest BCUT2D eigenvalue weighted by Gasteiger charge is -2.24. The minimum Gasteiger partial charge on any atom is -0.490 e. The number of hydrogen-bond donors (Lipinski definition) is 2. The van der Waals surface area contributed by atoms with E-state index in [4.69, 9.17) is 16.3 Å². The van der Waals surface area contributed by atoms with Crippen molar-refractivity contribution in [3.63, 3.8) is 0 Å². The van der Waals surface area contributed by atoms with Gasteiger partial charge in [-0.1, -0.05) is 42.8 Å². The topological polar surface area (TPSA) is 41.5 Å². The Morgan fingerprint density at radius 3 is 2.62 bits per heavy atom. The average molecular weight is 308 g/mol. The van der Waals surface area contributed by atoms with Crippen LogP contribution in [-0.2, 0) is 0 Å². The summed E-state index contributed by atoms with van der Waals surface area (Å²) in [5.41, 5.74) is -0.907. The van der Waals surface area contributed by atoms with Gasteiger partial charge in [0.05, 0.1) is 0 Å². The Balaban J connectivity index is 2.08. The predicted molar refractivity (Wildman–Crippen MR) is 88.2 cm³/mol. The van der Waals surface area contributed by atoms with Gasteiger partial charge in [-0.2, -0.15) is 0 Å². The van der Waals surface area contributed by atoms with Crippen LogP contribution in [0.25, 0.3) is 10.8 Å². The third-order valence-electron chi connectivity index (χ3n) is 3.30. The summed E-state index contributed by atoms with van der Waals surface area (Å²) in [5.74, 6) is 0.741. The molecule has 2 aromatic rings. The second-order valence-corrected chi connectivity index (χ2v) is 5.96. The van der Waals surface area contributed by atoms with E-state index in [9.17, 15) is 5.11 Å². The van der Waals surface area contributed by atoms with Crippen LogP contribution in [0.1, 0.15) is 20.3 Å². The predicted octanol–water partition coefficient (Wildman–Crippen LogP) is 3.62. The van der Waals surface area contributed by atoms with Crippen molar-refractivity contribution in [1.82, 2.24) is 5.32 Å². The Hall–Kier alpha value is -1.29. The highest BCUT2D eigenvalue weighted by Gasteiger charge is 2.21. The summed E-state index contributed by atoms with van der Waals surface area (Å²) in [6.07, 6.45) is 1.04. The van der Waals surface area contributed by atoms with Crippen molar-refractivity contribution in [2.45, 2.75) is 25.9 Å². The van der Waals surface area contributed by atoms with Crippen LogP contribution in [-0.4, -0.2) is 30.4 Å². The van der Waals surface area contributed by atoms with Gasteiger partial charge < -0.3 is 15.2 Å². The lowest BCUT2D eigenvalue weighted by Crippen LogP contribution is -2.43. The number of aliphatic hydroxyl groups is 1. The number of halogens is 1. The van der Waals surface area contributed by atoms with E-state index in [0.29, 0.717) is 11.6 Å². The van der Waals surface area contributed by atoms with E-state index in [2.05, 4.69) is 12.2 Å². The molecule has 114 valence electrons. The number of ether oxygens (including phenoxy) is 1. The minimum absolute atomic E-state index is 0.231. The maximum absolute atomic E-state index is 10.3. The summed E-state index contributed by atoms with van der Waals surface area (Å²) in [5, 5.41) is 16.1. The van der Waals surface area contributed by atoms with Gasteiger partial charge >= 0.3 is 0 Å². The fraction of sp³-hybridized carbons (Fsp3) is 0.412. The minimum atomic E-state index is -0.907. The van der Waals surface area contributed by atoms with Crippen molar-refractivity contribution in [3.05, 3.63) is 41.4 Å². The fourth-order valence-electron chi connectivity index (χ4n) is 2.18. The first-order valence-electron chi connectivity index (χ1n) is 7.26. The van der Waals surface area contributed by atoms with Crippen molar-refractivity contribution in [1.29, 1.82) is 0 Å². The Morgan fingerprint density at radius 1 is 1.19 bits per heavy atom. The molecule has 0 aliphatic rings. The Bertz CT molecular complexity index is 598. The molecule has 2 N–H and O–H groups in total. The first kappa shape index (κ1) is 16.1. The third kappa shape index (κ3) is 4.34. The molecule has 0 bridgehead atoms. The molecule has 1 atom stereocenters. The fourth-order valence-corrected chi connectivity index (χ4v) is 2.41. The highest BCUT2D eigenvalue weighted by Crippen LogP contribution is 2.31. The molecular formula is C17H22ClNO2. The van der Waals surface area contributed by atoms with Crippen molar-refractivity contribution in [2.75, 3.05) is 19.7 Å². The Labute approximate surface area is 130 Å². The normalized spacial score (nSPS) is 14.1. The third-order valence-corrected chi connectivity index (χ3v) is 3.63. The molecular weight excluding hydrogens is 286 g/mol. The number of fused-ring (bicyclic) bond motifs is 1. The molecule has 0 radical (unpaired) electrons. The molecule has 0 aromatic heterocycles. The van der Waals surface area contributed by atoms with Gasteiger partial charge in [-0.3, -0.25) is 0 Å². The molecule has 0 heterocycles. The van der Waals surface area contributed by atoms with Crippen molar-refractivity contribution >= 4 is 22.4 Å². The zero-order valence-corrected chi connectivity index (χ0v) is 13.3. The molecule has 2 rings (SSSR count). The van der Waals surface area contributed by atoms with Crippen LogP contribution in [0.2, 0.25) is 5.02 Å². The molecule has 0 saturated heterocycles. The smallest absolute Gasteiger partial charge is 0.127 e. The van der Waals surface area contributed by atoms with E-state index >= 15 is 0 Å². The molecule has 4 heteroatoms. The van der Waals surface area contributed by atoms with Gasteiger partial charge in [-0.15, -0.1) is 0 Å². The molecule has 21 heavy (non-hydrogen) atoms. The molecule has 0 aliphatic heterocycles. The average Bonchev–Trinajstić information content (AvgIpc) is 2.47. The van der Waals surface area contributed by atoms with Gasteiger partial charge in [0, 0.05) is 22.3 Å². The molecule has 0 fully saturated rings. The van der Waals surface area contributed by atoms with Crippen LogP contribution < -0.4 is 10.1 Å². The lowest BCUT2D eigenvalue weighted by molar-refractivity contribution is 0.0130. The lowest BCUT2D eigenvalue weighted by atomic mass is 10.1. The van der Waals surface area contributed by atoms with Gasteiger partial charge in [0.1, 0.15) is 18.0 Å². The van der Waals surface area contributed by atoms with Crippen LogP contribution >= 0.6 is 11.6 Å². The van der Waals surface area contributed by atoms with Gasteiger partial charge in [0.2, 0.25) is 0 Å². The van der Waals surface area contributed by atoms with Gasteiger partial charge in [0.25, 0.3) is 0 Å². The van der Waals surface area contributed by atoms with E-state index < -0.39 is 5.60 Å². The van der Waals surface area contributed by atoms with Crippen LogP contribution in [0, 0.1) is 0 Å². The quantitative estimate of drug-likeness (QED) is 0.768. The summed E-state index contributed by atoms with van der Waals surface area (Å²) in [6.45, 7) is 5.49. The van der Waals surface area contributed by atoms with Crippen molar-refractivity contribution in [2.24, 2.45) is 0 Å². The second-order valence-electron chi connectivity index (χ2n) is 5.55. The highest BCUT2D eigenvalue weighted by atomic mass is 35.5. The van der Waals surface area contributed by atoms with E-state index in [1.165, 1.54) is 0 Å². The number of hydrogen-bond acceptors (Lipinski definition) is 3. The van der Waals surface area contributed by atoms with Gasteiger partial charge in [0.15, 0.2) is 0 Å². The van der Waals surface area contributed by atoms with Crippen molar-refractivity contribution < 1.29 is 9.84 Å². The summed E-state index contributed by atoms with van der Waals surface area (Å²) >= 11 is 6.19. The van der Waals surface area contributed by atoms with E-state index in [-0.39, 0.29) is 6.61 Å². The van der Waals surface area contributed by atoms with Crippen LogP contribution in [0.3, 0.4) is 0 Å². The number of rotatable bonds is 7. The molecule has 0 amide bonds. The molecule has 0 spiro atoms. The summed E-state index contributed by atoms with van der Waals surface area (Å²) in [4.78, 5) is 0. The van der Waals surface area contributed by atoms with Crippen LogP contribution in [0.5, 0.6) is 5.75 Å². The van der Waals surface area contributed by atoms with Crippen LogP contribution in [0.15, 0.2) is 36.4 Å². The molecule has 3 nitrogen and oxygen atoms in total. The van der Waals surface area contributed by atoms with E-state index in [1.54, 1.807) is 6.92 Å². The Morgan fingerprint density at radius 2 is 1.90 bits per heavy atom. The van der Waals surface area contributed by atoms with Gasteiger partial charge in [-0.05, 0) is 32.0 Å². The van der Waals surface area contributed by atoms with E-state index in [1.807, 2.05) is 36.4 Å². The maximum atomic E-state index is 10.3. The second kappa shape index (κ2) is 7.12. The number of nitrogens with one attached hydrogen (secondary N) is 1. The monoisotopic (exact) mass is 307 g/mol. The molecule has 0 aliphatic carbocycles. The largest absolute Gasteiger partial charge is 0.490 e. The SMILES string of the molecule is CCCNCC(C)(O)COc1ccc(Cl)c2ccccc12. The first-order chi connectivity index (χ1) is 10.0. The summed E-state index contributed by atoms with van der Waals surface area (Å²) in [7, 11) is 0. The van der Waals surface area contributed by atoms with Gasteiger partial charge in [-0.25, -0.2) is 0 Å².